The fourth-order valence-electron chi connectivity index (χ4n) is 3.31. The zero-order chi connectivity index (χ0) is 14.0. The van der Waals surface area contributed by atoms with Crippen LogP contribution in [0.2, 0.25) is 0 Å². The third-order valence-electron chi connectivity index (χ3n) is 4.82. The van der Waals surface area contributed by atoms with Gasteiger partial charge in [-0.1, -0.05) is 26.0 Å². The van der Waals surface area contributed by atoms with Crippen LogP contribution >= 0.6 is 0 Å². The van der Waals surface area contributed by atoms with E-state index < -0.39 is 0 Å². The first kappa shape index (κ1) is 14.4. The van der Waals surface area contributed by atoms with E-state index in [0.29, 0.717) is 5.41 Å². The SMILES string of the molecule is CNCC1CCN(c2cccc(C)c2C)CC1(C)C. The second-order valence-corrected chi connectivity index (χ2v) is 6.67. The average molecular weight is 260 g/mol. The van der Waals surface area contributed by atoms with E-state index in [0.717, 1.165) is 19.0 Å². The molecule has 0 spiro atoms. The zero-order valence-corrected chi connectivity index (χ0v) is 13.1. The van der Waals surface area contributed by atoms with Crippen LogP contribution in [0.1, 0.15) is 31.4 Å². The predicted octanol–water partition coefficient (Wildman–Crippen LogP) is 3.38. The first-order chi connectivity index (χ1) is 8.95. The van der Waals surface area contributed by atoms with Gasteiger partial charge in [-0.15, -0.1) is 0 Å². The van der Waals surface area contributed by atoms with Gasteiger partial charge in [0.15, 0.2) is 0 Å². The number of nitrogens with zero attached hydrogens (tertiary/aromatic N) is 1. The zero-order valence-electron chi connectivity index (χ0n) is 13.1. The summed E-state index contributed by atoms with van der Waals surface area (Å²) in [7, 11) is 2.06. The molecule has 19 heavy (non-hydrogen) atoms. The number of rotatable bonds is 3. The van der Waals surface area contributed by atoms with Gasteiger partial charge in [-0.2, -0.15) is 0 Å². The van der Waals surface area contributed by atoms with Crippen LogP contribution in [0.5, 0.6) is 0 Å². The molecule has 0 saturated carbocycles. The summed E-state index contributed by atoms with van der Waals surface area (Å²) in [6.45, 7) is 12.7. The molecule has 2 heteroatoms. The van der Waals surface area contributed by atoms with E-state index in [-0.39, 0.29) is 0 Å². The third kappa shape index (κ3) is 2.94. The standard InChI is InChI=1S/C17H28N2/c1-13-7-6-8-16(14(13)2)19-10-9-15(11-18-5)17(3,4)12-19/h6-8,15,18H,9-12H2,1-5H3. The Morgan fingerprint density at radius 2 is 2.05 bits per heavy atom. The molecule has 1 aliphatic heterocycles. The molecule has 1 fully saturated rings. The molecule has 0 bridgehead atoms. The molecule has 0 aromatic heterocycles. The summed E-state index contributed by atoms with van der Waals surface area (Å²) in [5.74, 6) is 0.777. The molecule has 1 saturated heterocycles. The molecule has 1 heterocycles. The van der Waals surface area contributed by atoms with Gasteiger partial charge in [-0.3, -0.25) is 0 Å². The molecule has 2 rings (SSSR count). The fraction of sp³-hybridized carbons (Fsp3) is 0.647. The van der Waals surface area contributed by atoms with Crippen LogP contribution in [0.15, 0.2) is 18.2 Å². The van der Waals surface area contributed by atoms with Crippen molar-refractivity contribution in [2.45, 2.75) is 34.1 Å². The Morgan fingerprint density at radius 3 is 2.68 bits per heavy atom. The van der Waals surface area contributed by atoms with Crippen molar-refractivity contribution in [1.29, 1.82) is 0 Å². The lowest BCUT2D eigenvalue weighted by Gasteiger charge is -2.46. The molecule has 1 N–H and O–H groups in total. The minimum Gasteiger partial charge on any atom is -0.371 e. The lowest BCUT2D eigenvalue weighted by atomic mass is 9.73. The van der Waals surface area contributed by atoms with Gasteiger partial charge in [0.25, 0.3) is 0 Å². The molecule has 2 nitrogen and oxygen atoms in total. The van der Waals surface area contributed by atoms with E-state index in [2.05, 4.69) is 63.2 Å². The highest BCUT2D eigenvalue weighted by Crippen LogP contribution is 2.37. The van der Waals surface area contributed by atoms with Gasteiger partial charge in [0.05, 0.1) is 0 Å². The van der Waals surface area contributed by atoms with Crippen LogP contribution in [0.3, 0.4) is 0 Å². The van der Waals surface area contributed by atoms with Gasteiger partial charge in [0.1, 0.15) is 0 Å². The first-order valence-electron chi connectivity index (χ1n) is 7.41. The van der Waals surface area contributed by atoms with Crippen LogP contribution < -0.4 is 10.2 Å². The van der Waals surface area contributed by atoms with Gasteiger partial charge in [-0.25, -0.2) is 0 Å². The molecule has 0 radical (unpaired) electrons. The van der Waals surface area contributed by atoms with E-state index in [1.807, 2.05) is 0 Å². The van der Waals surface area contributed by atoms with Crippen molar-refractivity contribution in [2.75, 3.05) is 31.6 Å². The van der Waals surface area contributed by atoms with E-state index in [1.165, 1.54) is 29.8 Å². The molecule has 1 aromatic carbocycles. The summed E-state index contributed by atoms with van der Waals surface area (Å²) in [5.41, 5.74) is 4.63. The highest BCUT2D eigenvalue weighted by molar-refractivity contribution is 5.56. The maximum absolute atomic E-state index is 3.35. The molecule has 1 aliphatic rings. The Morgan fingerprint density at radius 1 is 1.32 bits per heavy atom. The normalized spacial score (nSPS) is 22.6. The molecular weight excluding hydrogens is 232 g/mol. The van der Waals surface area contributed by atoms with Crippen molar-refractivity contribution in [3.05, 3.63) is 29.3 Å². The first-order valence-corrected chi connectivity index (χ1v) is 7.41. The summed E-state index contributed by atoms with van der Waals surface area (Å²) in [6.07, 6.45) is 1.28. The second-order valence-electron chi connectivity index (χ2n) is 6.67. The van der Waals surface area contributed by atoms with Gasteiger partial charge in [0, 0.05) is 18.8 Å². The minimum absolute atomic E-state index is 0.372. The fourth-order valence-corrected chi connectivity index (χ4v) is 3.31. The van der Waals surface area contributed by atoms with Crippen LogP contribution in [-0.4, -0.2) is 26.7 Å². The van der Waals surface area contributed by atoms with E-state index in [4.69, 9.17) is 0 Å². The van der Waals surface area contributed by atoms with Gasteiger partial charge in [-0.05, 0) is 62.4 Å². The lowest BCUT2D eigenvalue weighted by molar-refractivity contribution is 0.174. The third-order valence-corrected chi connectivity index (χ3v) is 4.82. The summed E-state index contributed by atoms with van der Waals surface area (Å²) in [4.78, 5) is 2.58. The van der Waals surface area contributed by atoms with E-state index in [1.54, 1.807) is 0 Å². The van der Waals surface area contributed by atoms with Crippen molar-refractivity contribution in [1.82, 2.24) is 5.32 Å². The number of hydrogen-bond acceptors (Lipinski definition) is 2. The Kier molecular flexibility index (Phi) is 4.19. The highest BCUT2D eigenvalue weighted by Gasteiger charge is 2.35. The summed E-state index contributed by atoms with van der Waals surface area (Å²) in [6, 6.07) is 6.67. The number of hydrogen-bond donors (Lipinski definition) is 1. The number of nitrogens with one attached hydrogen (secondary N) is 1. The molecule has 0 amide bonds. The number of benzene rings is 1. The minimum atomic E-state index is 0.372. The van der Waals surface area contributed by atoms with Crippen LogP contribution in [-0.2, 0) is 0 Å². The molecular formula is C17H28N2. The van der Waals surface area contributed by atoms with Crippen molar-refractivity contribution >= 4 is 5.69 Å². The molecule has 1 atom stereocenters. The number of aryl methyl sites for hydroxylation is 1. The monoisotopic (exact) mass is 260 g/mol. The average Bonchev–Trinajstić information content (AvgIpc) is 2.35. The second kappa shape index (κ2) is 5.54. The maximum atomic E-state index is 3.35. The predicted molar refractivity (Wildman–Crippen MR) is 83.9 cm³/mol. The Balaban J connectivity index is 2.19. The summed E-state index contributed by atoms with van der Waals surface area (Å²) in [5, 5.41) is 3.35. The van der Waals surface area contributed by atoms with Gasteiger partial charge < -0.3 is 10.2 Å². The Hall–Kier alpha value is -1.02. The van der Waals surface area contributed by atoms with Crippen LogP contribution in [0.4, 0.5) is 5.69 Å². The maximum Gasteiger partial charge on any atom is 0.0398 e. The lowest BCUT2D eigenvalue weighted by Crippen LogP contribution is -2.48. The summed E-state index contributed by atoms with van der Waals surface area (Å²) < 4.78 is 0. The Bertz CT molecular complexity index is 437. The van der Waals surface area contributed by atoms with Crippen molar-refractivity contribution in [3.8, 4) is 0 Å². The van der Waals surface area contributed by atoms with Crippen molar-refractivity contribution < 1.29 is 0 Å². The van der Waals surface area contributed by atoms with E-state index in [9.17, 15) is 0 Å². The number of anilines is 1. The largest absolute Gasteiger partial charge is 0.371 e. The smallest absolute Gasteiger partial charge is 0.0398 e. The highest BCUT2D eigenvalue weighted by atomic mass is 15.1. The molecule has 1 unspecified atom stereocenters. The topological polar surface area (TPSA) is 15.3 Å². The quantitative estimate of drug-likeness (QED) is 0.896. The van der Waals surface area contributed by atoms with E-state index >= 15 is 0 Å². The van der Waals surface area contributed by atoms with Crippen LogP contribution in [0, 0.1) is 25.2 Å². The molecule has 1 aromatic rings. The summed E-state index contributed by atoms with van der Waals surface area (Å²) >= 11 is 0. The van der Waals surface area contributed by atoms with Crippen LogP contribution in [0.25, 0.3) is 0 Å². The molecule has 106 valence electrons. The Labute approximate surface area is 118 Å². The number of piperidine rings is 1. The van der Waals surface area contributed by atoms with Gasteiger partial charge >= 0.3 is 0 Å². The van der Waals surface area contributed by atoms with Crippen molar-refractivity contribution in [3.63, 3.8) is 0 Å². The van der Waals surface area contributed by atoms with Crippen molar-refractivity contribution in [2.24, 2.45) is 11.3 Å². The van der Waals surface area contributed by atoms with Gasteiger partial charge in [0.2, 0.25) is 0 Å². The molecule has 0 aliphatic carbocycles.